The topological polar surface area (TPSA) is 49.4 Å². The van der Waals surface area contributed by atoms with E-state index < -0.39 is 17.8 Å². The lowest BCUT2D eigenvalue weighted by atomic mass is 9.90. The number of halogens is 1. The number of rotatable bonds is 2. The third-order valence-corrected chi connectivity index (χ3v) is 2.74. The van der Waals surface area contributed by atoms with Crippen LogP contribution in [0.4, 0.5) is 4.39 Å². The van der Waals surface area contributed by atoms with E-state index in [2.05, 4.69) is 5.32 Å². The molecule has 1 fully saturated rings. The number of alkyl halides is 1. The fraction of sp³-hybridized carbons (Fsp3) is 0.800. The second kappa shape index (κ2) is 3.47. The van der Waals surface area contributed by atoms with Crippen LogP contribution >= 0.6 is 0 Å². The van der Waals surface area contributed by atoms with Crippen LogP contribution in [0, 0.1) is 0 Å². The van der Waals surface area contributed by atoms with Crippen LogP contribution in [-0.4, -0.2) is 41.0 Å². The molecule has 0 radical (unpaired) electrons. The van der Waals surface area contributed by atoms with Gasteiger partial charge in [0.15, 0.2) is 0 Å². The van der Waals surface area contributed by atoms with Crippen molar-refractivity contribution in [2.75, 3.05) is 13.2 Å². The standard InChI is InChI=1S/C10H17FN2O2/c1-9(2)8(15)13(6-5-11)10(3,4)7(14)12-9/h5-6H2,1-4H3,(H,12,14). The molecule has 0 unspecified atom stereocenters. The van der Waals surface area contributed by atoms with Gasteiger partial charge in [0.25, 0.3) is 0 Å². The van der Waals surface area contributed by atoms with Gasteiger partial charge in [-0.25, -0.2) is 4.39 Å². The van der Waals surface area contributed by atoms with Crippen molar-refractivity contribution in [2.45, 2.75) is 38.8 Å². The van der Waals surface area contributed by atoms with Crippen LogP contribution < -0.4 is 5.32 Å². The Hall–Kier alpha value is -1.13. The molecule has 86 valence electrons. The second-order valence-electron chi connectivity index (χ2n) is 4.78. The number of carbonyl (C=O) groups excluding carboxylic acids is 2. The smallest absolute Gasteiger partial charge is 0.248 e. The van der Waals surface area contributed by atoms with E-state index in [9.17, 15) is 14.0 Å². The Morgan fingerprint density at radius 1 is 1.27 bits per heavy atom. The molecule has 1 aliphatic rings. The summed E-state index contributed by atoms with van der Waals surface area (Å²) in [6, 6.07) is 0. The summed E-state index contributed by atoms with van der Waals surface area (Å²) in [5.41, 5.74) is -1.92. The van der Waals surface area contributed by atoms with Gasteiger partial charge < -0.3 is 10.2 Å². The van der Waals surface area contributed by atoms with Gasteiger partial charge in [0.05, 0.1) is 6.54 Å². The zero-order valence-electron chi connectivity index (χ0n) is 9.56. The Morgan fingerprint density at radius 2 is 1.80 bits per heavy atom. The Kier molecular flexibility index (Phi) is 2.76. The highest BCUT2D eigenvalue weighted by Crippen LogP contribution is 2.25. The zero-order valence-corrected chi connectivity index (χ0v) is 9.56. The molecule has 1 rings (SSSR count). The maximum Gasteiger partial charge on any atom is 0.248 e. The lowest BCUT2D eigenvalue weighted by molar-refractivity contribution is -0.159. The fourth-order valence-electron chi connectivity index (χ4n) is 1.67. The molecule has 0 aromatic heterocycles. The molecule has 1 aliphatic heterocycles. The Morgan fingerprint density at radius 3 is 2.27 bits per heavy atom. The molecule has 0 atom stereocenters. The van der Waals surface area contributed by atoms with E-state index in [1.165, 1.54) is 4.90 Å². The average molecular weight is 216 g/mol. The highest BCUT2D eigenvalue weighted by molar-refractivity contribution is 6.01. The monoisotopic (exact) mass is 216 g/mol. The number of piperazine rings is 1. The van der Waals surface area contributed by atoms with Crippen LogP contribution in [-0.2, 0) is 9.59 Å². The molecule has 4 nitrogen and oxygen atoms in total. The predicted octanol–water partition coefficient (Wildman–Crippen LogP) is 0.471. The fourth-order valence-corrected chi connectivity index (χ4v) is 1.67. The normalized spacial score (nSPS) is 23.9. The number of hydrogen-bond acceptors (Lipinski definition) is 2. The molecule has 1 N–H and O–H groups in total. The third-order valence-electron chi connectivity index (χ3n) is 2.74. The van der Waals surface area contributed by atoms with Crippen molar-refractivity contribution in [2.24, 2.45) is 0 Å². The maximum atomic E-state index is 12.3. The van der Waals surface area contributed by atoms with Crippen molar-refractivity contribution in [1.82, 2.24) is 10.2 Å². The van der Waals surface area contributed by atoms with E-state index in [4.69, 9.17) is 0 Å². The predicted molar refractivity (Wildman–Crippen MR) is 54.0 cm³/mol. The van der Waals surface area contributed by atoms with Gasteiger partial charge in [0.1, 0.15) is 17.8 Å². The molecule has 5 heteroatoms. The first kappa shape index (κ1) is 11.9. The van der Waals surface area contributed by atoms with Crippen molar-refractivity contribution in [3.8, 4) is 0 Å². The highest BCUT2D eigenvalue weighted by atomic mass is 19.1. The molecule has 2 amide bonds. The van der Waals surface area contributed by atoms with E-state index in [-0.39, 0.29) is 18.4 Å². The summed E-state index contributed by atoms with van der Waals surface area (Å²) < 4.78 is 12.3. The molecule has 15 heavy (non-hydrogen) atoms. The van der Waals surface area contributed by atoms with Gasteiger partial charge in [0, 0.05) is 0 Å². The Balaban J connectivity index is 3.06. The number of nitrogens with zero attached hydrogens (tertiary/aromatic N) is 1. The summed E-state index contributed by atoms with van der Waals surface area (Å²) in [4.78, 5) is 25.0. The summed E-state index contributed by atoms with van der Waals surface area (Å²) in [6.07, 6.45) is 0. The lowest BCUT2D eigenvalue weighted by Gasteiger charge is -2.47. The summed E-state index contributed by atoms with van der Waals surface area (Å²) in [6.45, 7) is 5.79. The second-order valence-corrected chi connectivity index (χ2v) is 4.78. The molecule has 0 aromatic rings. The minimum absolute atomic E-state index is 0.0390. The molecular formula is C10H17FN2O2. The van der Waals surface area contributed by atoms with E-state index in [0.717, 1.165) is 0 Å². The van der Waals surface area contributed by atoms with Gasteiger partial charge in [-0.3, -0.25) is 9.59 Å². The van der Waals surface area contributed by atoms with Gasteiger partial charge in [-0.05, 0) is 27.7 Å². The molecule has 0 aliphatic carbocycles. The first-order valence-corrected chi connectivity index (χ1v) is 4.94. The average Bonchev–Trinajstić information content (AvgIpc) is 2.10. The van der Waals surface area contributed by atoms with Crippen molar-refractivity contribution < 1.29 is 14.0 Å². The van der Waals surface area contributed by atoms with Gasteiger partial charge in [-0.2, -0.15) is 0 Å². The van der Waals surface area contributed by atoms with Gasteiger partial charge in [-0.1, -0.05) is 0 Å². The van der Waals surface area contributed by atoms with E-state index >= 15 is 0 Å². The highest BCUT2D eigenvalue weighted by Gasteiger charge is 2.49. The zero-order chi connectivity index (χ0) is 11.9. The molecule has 1 heterocycles. The number of hydrogen-bond donors (Lipinski definition) is 1. The van der Waals surface area contributed by atoms with Crippen LogP contribution in [0.3, 0.4) is 0 Å². The minimum atomic E-state index is -0.974. The van der Waals surface area contributed by atoms with Crippen LogP contribution in [0.15, 0.2) is 0 Å². The van der Waals surface area contributed by atoms with Crippen LogP contribution in [0.25, 0.3) is 0 Å². The Labute approximate surface area is 88.8 Å². The van der Waals surface area contributed by atoms with Gasteiger partial charge >= 0.3 is 0 Å². The molecule has 0 bridgehead atoms. The first-order chi connectivity index (χ1) is 6.73. The van der Waals surface area contributed by atoms with Crippen LogP contribution in [0.1, 0.15) is 27.7 Å². The van der Waals surface area contributed by atoms with Crippen molar-refractivity contribution in [3.63, 3.8) is 0 Å². The SMILES string of the molecule is CC1(C)NC(=O)C(C)(C)N(CCF)C1=O. The molecule has 0 saturated carbocycles. The quantitative estimate of drug-likeness (QED) is 0.729. The Bertz CT molecular complexity index is 300. The summed E-state index contributed by atoms with van der Waals surface area (Å²) in [5.74, 6) is -0.495. The summed E-state index contributed by atoms with van der Waals surface area (Å²) >= 11 is 0. The van der Waals surface area contributed by atoms with Crippen LogP contribution in [0.2, 0.25) is 0 Å². The summed E-state index contributed by atoms with van der Waals surface area (Å²) in [5, 5.41) is 2.63. The lowest BCUT2D eigenvalue weighted by Crippen LogP contribution is -2.72. The largest absolute Gasteiger partial charge is 0.340 e. The van der Waals surface area contributed by atoms with Crippen molar-refractivity contribution in [3.05, 3.63) is 0 Å². The van der Waals surface area contributed by atoms with Gasteiger partial charge in [-0.15, -0.1) is 0 Å². The minimum Gasteiger partial charge on any atom is -0.340 e. The summed E-state index contributed by atoms with van der Waals surface area (Å²) in [7, 11) is 0. The molecule has 0 aromatic carbocycles. The molecule has 1 saturated heterocycles. The molecule has 0 spiro atoms. The number of amides is 2. The number of nitrogens with one attached hydrogen (secondary N) is 1. The van der Waals surface area contributed by atoms with Crippen molar-refractivity contribution >= 4 is 11.8 Å². The number of carbonyl (C=O) groups is 2. The van der Waals surface area contributed by atoms with Crippen molar-refractivity contribution in [1.29, 1.82) is 0 Å². The first-order valence-electron chi connectivity index (χ1n) is 4.94. The van der Waals surface area contributed by atoms with E-state index in [0.29, 0.717) is 0 Å². The molecular weight excluding hydrogens is 199 g/mol. The maximum absolute atomic E-state index is 12.3. The van der Waals surface area contributed by atoms with Crippen LogP contribution in [0.5, 0.6) is 0 Å². The van der Waals surface area contributed by atoms with Gasteiger partial charge in [0.2, 0.25) is 11.8 Å². The van der Waals surface area contributed by atoms with E-state index in [1.54, 1.807) is 27.7 Å². The van der Waals surface area contributed by atoms with E-state index in [1.807, 2.05) is 0 Å². The third kappa shape index (κ3) is 1.82.